The first-order chi connectivity index (χ1) is 9.61. The van der Waals surface area contributed by atoms with Gasteiger partial charge in [-0.25, -0.2) is 0 Å². The van der Waals surface area contributed by atoms with Gasteiger partial charge in [0.25, 0.3) is 0 Å². The molecule has 0 aliphatic carbocycles. The number of para-hydroxylation sites is 1. The molecule has 0 aliphatic heterocycles. The Morgan fingerprint density at radius 2 is 1.95 bits per heavy atom. The van der Waals surface area contributed by atoms with Crippen molar-refractivity contribution in [1.29, 1.82) is 0 Å². The highest BCUT2D eigenvalue weighted by Crippen LogP contribution is 2.29. The molecule has 0 bridgehead atoms. The maximum Gasteiger partial charge on any atom is 0.123 e. The second-order valence-corrected chi connectivity index (χ2v) is 5.39. The summed E-state index contributed by atoms with van der Waals surface area (Å²) in [4.78, 5) is 0. The van der Waals surface area contributed by atoms with Crippen LogP contribution in [-0.2, 0) is 6.61 Å². The zero-order valence-corrected chi connectivity index (χ0v) is 12.7. The standard InChI is InChI=1S/C17H20ClNO/c1-3-12(2)15-6-4-5-7-17(15)20-11-13-8-9-14(19)10-16(13)18/h4-10,12H,3,11,19H2,1-2H3. The van der Waals surface area contributed by atoms with E-state index in [9.17, 15) is 0 Å². The lowest BCUT2D eigenvalue weighted by atomic mass is 9.98. The summed E-state index contributed by atoms with van der Waals surface area (Å²) >= 11 is 6.17. The van der Waals surface area contributed by atoms with Crippen molar-refractivity contribution in [3.63, 3.8) is 0 Å². The summed E-state index contributed by atoms with van der Waals surface area (Å²) in [7, 11) is 0. The smallest absolute Gasteiger partial charge is 0.123 e. The van der Waals surface area contributed by atoms with Crippen molar-refractivity contribution in [3.05, 3.63) is 58.6 Å². The van der Waals surface area contributed by atoms with Crippen LogP contribution >= 0.6 is 11.6 Å². The number of anilines is 1. The Morgan fingerprint density at radius 1 is 1.20 bits per heavy atom. The van der Waals surface area contributed by atoms with Crippen LogP contribution in [0, 0.1) is 0 Å². The molecule has 2 aromatic carbocycles. The maximum atomic E-state index is 6.17. The van der Waals surface area contributed by atoms with E-state index < -0.39 is 0 Å². The number of nitrogen functional groups attached to an aromatic ring is 1. The molecule has 2 nitrogen and oxygen atoms in total. The summed E-state index contributed by atoms with van der Waals surface area (Å²) in [6, 6.07) is 13.7. The topological polar surface area (TPSA) is 35.2 Å². The van der Waals surface area contributed by atoms with Gasteiger partial charge in [0.05, 0.1) is 0 Å². The van der Waals surface area contributed by atoms with Crippen molar-refractivity contribution < 1.29 is 4.74 Å². The molecule has 0 radical (unpaired) electrons. The lowest BCUT2D eigenvalue weighted by Gasteiger charge is -2.16. The quantitative estimate of drug-likeness (QED) is 0.785. The van der Waals surface area contributed by atoms with Crippen molar-refractivity contribution in [2.75, 3.05) is 5.73 Å². The molecule has 0 amide bonds. The fraction of sp³-hybridized carbons (Fsp3) is 0.294. The monoisotopic (exact) mass is 289 g/mol. The highest BCUT2D eigenvalue weighted by molar-refractivity contribution is 6.31. The van der Waals surface area contributed by atoms with Gasteiger partial charge >= 0.3 is 0 Å². The predicted octanol–water partition coefficient (Wildman–Crippen LogP) is 5.01. The van der Waals surface area contributed by atoms with Crippen LogP contribution < -0.4 is 10.5 Å². The van der Waals surface area contributed by atoms with E-state index in [1.54, 1.807) is 6.07 Å². The molecule has 0 aliphatic rings. The second-order valence-electron chi connectivity index (χ2n) is 4.99. The fourth-order valence-electron chi connectivity index (χ4n) is 2.08. The van der Waals surface area contributed by atoms with E-state index in [4.69, 9.17) is 22.1 Å². The highest BCUT2D eigenvalue weighted by Gasteiger charge is 2.10. The Bertz CT molecular complexity index is 583. The van der Waals surface area contributed by atoms with Crippen molar-refractivity contribution >= 4 is 17.3 Å². The molecule has 0 aromatic heterocycles. The molecular formula is C17H20ClNO. The van der Waals surface area contributed by atoms with Crippen LogP contribution in [0.3, 0.4) is 0 Å². The third kappa shape index (κ3) is 3.45. The van der Waals surface area contributed by atoms with Gasteiger partial charge in [-0.15, -0.1) is 0 Å². The molecule has 2 N–H and O–H groups in total. The Kier molecular flexibility index (Phi) is 4.91. The van der Waals surface area contributed by atoms with Crippen molar-refractivity contribution in [3.8, 4) is 5.75 Å². The minimum atomic E-state index is 0.451. The van der Waals surface area contributed by atoms with E-state index >= 15 is 0 Å². The van der Waals surface area contributed by atoms with Crippen LogP contribution in [0.25, 0.3) is 0 Å². The molecule has 0 fully saturated rings. The van der Waals surface area contributed by atoms with Crippen molar-refractivity contribution in [2.24, 2.45) is 0 Å². The van der Waals surface area contributed by atoms with E-state index in [1.165, 1.54) is 5.56 Å². The summed E-state index contributed by atoms with van der Waals surface area (Å²) in [6.45, 7) is 4.84. The first-order valence-electron chi connectivity index (χ1n) is 6.87. The Labute approximate surface area is 125 Å². The summed E-state index contributed by atoms with van der Waals surface area (Å²) in [5, 5.41) is 0.644. The van der Waals surface area contributed by atoms with Crippen molar-refractivity contribution in [2.45, 2.75) is 32.8 Å². The normalized spacial score (nSPS) is 12.2. The van der Waals surface area contributed by atoms with Gasteiger partial charge < -0.3 is 10.5 Å². The number of nitrogens with two attached hydrogens (primary N) is 1. The van der Waals surface area contributed by atoms with Crippen LogP contribution in [0.2, 0.25) is 5.02 Å². The number of hydrogen-bond donors (Lipinski definition) is 1. The molecule has 0 saturated heterocycles. The van der Waals surface area contributed by atoms with Crippen LogP contribution in [0.1, 0.15) is 37.3 Å². The Balaban J connectivity index is 2.15. The molecule has 3 heteroatoms. The number of ether oxygens (including phenoxy) is 1. The second kappa shape index (κ2) is 6.67. The van der Waals surface area contributed by atoms with Gasteiger partial charge in [0.1, 0.15) is 12.4 Å². The molecule has 2 rings (SSSR count). The van der Waals surface area contributed by atoms with Gasteiger partial charge in [-0.1, -0.05) is 49.7 Å². The van der Waals surface area contributed by atoms with Gasteiger partial charge in [0.2, 0.25) is 0 Å². The van der Waals surface area contributed by atoms with E-state index in [2.05, 4.69) is 19.9 Å². The number of halogens is 1. The van der Waals surface area contributed by atoms with Gasteiger partial charge in [0, 0.05) is 16.3 Å². The SMILES string of the molecule is CCC(C)c1ccccc1OCc1ccc(N)cc1Cl. The Morgan fingerprint density at radius 3 is 2.65 bits per heavy atom. The van der Waals surface area contributed by atoms with Gasteiger partial charge in [0.15, 0.2) is 0 Å². The molecular weight excluding hydrogens is 270 g/mol. The van der Waals surface area contributed by atoms with Crippen LogP contribution in [0.5, 0.6) is 5.75 Å². The Hall–Kier alpha value is -1.67. The van der Waals surface area contributed by atoms with E-state index in [-0.39, 0.29) is 0 Å². The third-order valence-electron chi connectivity index (χ3n) is 3.52. The van der Waals surface area contributed by atoms with Crippen molar-refractivity contribution in [1.82, 2.24) is 0 Å². The zero-order valence-electron chi connectivity index (χ0n) is 11.9. The summed E-state index contributed by atoms with van der Waals surface area (Å²) in [5.41, 5.74) is 8.54. The summed E-state index contributed by atoms with van der Waals surface area (Å²) in [6.07, 6.45) is 1.09. The lowest BCUT2D eigenvalue weighted by Crippen LogP contribution is -2.01. The first kappa shape index (κ1) is 14.7. The minimum absolute atomic E-state index is 0.451. The molecule has 1 unspecified atom stereocenters. The zero-order chi connectivity index (χ0) is 14.5. The number of hydrogen-bond acceptors (Lipinski definition) is 2. The average Bonchev–Trinajstić information content (AvgIpc) is 2.46. The fourth-order valence-corrected chi connectivity index (χ4v) is 2.32. The van der Waals surface area contributed by atoms with Gasteiger partial charge in [-0.2, -0.15) is 0 Å². The summed E-state index contributed by atoms with van der Waals surface area (Å²) in [5.74, 6) is 1.41. The van der Waals surface area contributed by atoms with Crippen LogP contribution in [0.15, 0.2) is 42.5 Å². The molecule has 0 heterocycles. The number of benzene rings is 2. The van der Waals surface area contributed by atoms with E-state index in [0.29, 0.717) is 23.2 Å². The van der Waals surface area contributed by atoms with Crippen LogP contribution in [0.4, 0.5) is 5.69 Å². The van der Waals surface area contributed by atoms with Gasteiger partial charge in [-0.05, 0) is 36.1 Å². The van der Waals surface area contributed by atoms with E-state index in [0.717, 1.165) is 17.7 Å². The third-order valence-corrected chi connectivity index (χ3v) is 3.87. The highest BCUT2D eigenvalue weighted by atomic mass is 35.5. The maximum absolute atomic E-state index is 6.17. The predicted molar refractivity (Wildman–Crippen MR) is 85.3 cm³/mol. The molecule has 106 valence electrons. The molecule has 2 aromatic rings. The molecule has 1 atom stereocenters. The number of rotatable bonds is 5. The minimum Gasteiger partial charge on any atom is -0.489 e. The average molecular weight is 290 g/mol. The summed E-state index contributed by atoms with van der Waals surface area (Å²) < 4.78 is 5.94. The van der Waals surface area contributed by atoms with Gasteiger partial charge in [-0.3, -0.25) is 0 Å². The van der Waals surface area contributed by atoms with E-state index in [1.807, 2.05) is 30.3 Å². The largest absolute Gasteiger partial charge is 0.489 e. The van der Waals surface area contributed by atoms with Crippen LogP contribution in [-0.4, -0.2) is 0 Å². The molecule has 0 saturated carbocycles. The molecule has 20 heavy (non-hydrogen) atoms. The molecule has 0 spiro atoms. The first-order valence-corrected chi connectivity index (χ1v) is 7.25. The lowest BCUT2D eigenvalue weighted by molar-refractivity contribution is 0.301.